The van der Waals surface area contributed by atoms with Crippen LogP contribution in [0.25, 0.3) is 11.0 Å². The summed E-state index contributed by atoms with van der Waals surface area (Å²) in [5.74, 6) is -0.000202. The van der Waals surface area contributed by atoms with Crippen molar-refractivity contribution in [3.63, 3.8) is 0 Å². The molecule has 5 heteroatoms. The van der Waals surface area contributed by atoms with E-state index in [2.05, 4.69) is 9.97 Å². The number of nitrogens with zero attached hydrogens (tertiary/aromatic N) is 1. The maximum Gasteiger partial charge on any atom is 0.329 e. The smallest absolute Gasteiger partial charge is 0.329 e. The lowest BCUT2D eigenvalue weighted by Crippen LogP contribution is -2.17. The highest BCUT2D eigenvalue weighted by molar-refractivity contribution is 6.29. The van der Waals surface area contributed by atoms with Crippen LogP contribution in [0, 0.1) is 0 Å². The summed E-state index contributed by atoms with van der Waals surface area (Å²) in [7, 11) is 0. The summed E-state index contributed by atoms with van der Waals surface area (Å²) in [6.45, 7) is 1.57. The maximum atomic E-state index is 11.2. The molecule has 0 saturated heterocycles. The van der Waals surface area contributed by atoms with Gasteiger partial charge in [-0.15, -0.1) is 11.6 Å². The number of esters is 1. The lowest BCUT2D eigenvalue weighted by atomic mass is 10.3. The lowest BCUT2D eigenvalue weighted by molar-refractivity contribution is -0.133. The van der Waals surface area contributed by atoms with E-state index >= 15 is 0 Å². The number of carbonyl (C=O) groups excluding carboxylic acids is 1. The van der Waals surface area contributed by atoms with Crippen LogP contribution in [0.2, 0.25) is 0 Å². The normalized spacial score (nSPS) is 12.7. The summed E-state index contributed by atoms with van der Waals surface area (Å²) in [6.07, 6.45) is 1.58. The summed E-state index contributed by atoms with van der Waals surface area (Å²) in [6, 6.07) is 5.16. The first-order chi connectivity index (χ1) is 7.16. The molecule has 0 amide bonds. The third-order valence-electron chi connectivity index (χ3n) is 1.93. The first-order valence-electron chi connectivity index (χ1n) is 4.46. The second kappa shape index (κ2) is 3.90. The molecule has 0 aliphatic carbocycles. The number of aromatic amines is 1. The molecule has 0 aliphatic heterocycles. The molecule has 0 fully saturated rings. The van der Waals surface area contributed by atoms with Crippen molar-refractivity contribution in [2.45, 2.75) is 12.3 Å². The second-order valence-electron chi connectivity index (χ2n) is 3.12. The van der Waals surface area contributed by atoms with Crippen LogP contribution in [0.4, 0.5) is 0 Å². The fourth-order valence-corrected chi connectivity index (χ4v) is 1.22. The highest BCUT2D eigenvalue weighted by Gasteiger charge is 2.12. The number of H-pyrrole nitrogens is 1. The SMILES string of the molecule is CC(Cl)C(=O)Oc1ccc2nc[nH]c2c1. The number of aromatic nitrogens is 2. The molecule has 0 radical (unpaired) electrons. The Morgan fingerprint density at radius 2 is 2.40 bits per heavy atom. The molecule has 1 aromatic carbocycles. The van der Waals surface area contributed by atoms with Crippen molar-refractivity contribution in [1.82, 2.24) is 9.97 Å². The molecular formula is C10H9ClN2O2. The molecule has 15 heavy (non-hydrogen) atoms. The van der Waals surface area contributed by atoms with Crippen LogP contribution in [0.3, 0.4) is 0 Å². The fourth-order valence-electron chi connectivity index (χ4n) is 1.18. The van der Waals surface area contributed by atoms with Gasteiger partial charge in [0.05, 0.1) is 17.4 Å². The number of benzene rings is 1. The second-order valence-corrected chi connectivity index (χ2v) is 3.77. The van der Waals surface area contributed by atoms with E-state index in [1.807, 2.05) is 0 Å². The number of nitrogens with one attached hydrogen (secondary N) is 1. The predicted molar refractivity (Wildman–Crippen MR) is 57.0 cm³/mol. The van der Waals surface area contributed by atoms with Gasteiger partial charge < -0.3 is 9.72 Å². The molecule has 2 rings (SSSR count). The monoisotopic (exact) mass is 224 g/mol. The molecule has 2 aromatic rings. The Morgan fingerprint density at radius 1 is 1.60 bits per heavy atom. The van der Waals surface area contributed by atoms with Gasteiger partial charge in [0.15, 0.2) is 0 Å². The zero-order valence-corrected chi connectivity index (χ0v) is 8.78. The molecule has 0 aliphatic rings. The van der Waals surface area contributed by atoms with E-state index in [4.69, 9.17) is 16.3 Å². The zero-order chi connectivity index (χ0) is 10.8. The van der Waals surface area contributed by atoms with E-state index in [-0.39, 0.29) is 0 Å². The molecule has 1 N–H and O–H groups in total. The Kier molecular flexibility index (Phi) is 2.60. The van der Waals surface area contributed by atoms with Crippen LogP contribution < -0.4 is 4.74 Å². The third kappa shape index (κ3) is 2.10. The maximum absolute atomic E-state index is 11.2. The van der Waals surface area contributed by atoms with Crippen LogP contribution in [-0.2, 0) is 4.79 Å². The minimum Gasteiger partial charge on any atom is -0.425 e. The molecule has 1 unspecified atom stereocenters. The van der Waals surface area contributed by atoms with Gasteiger partial charge >= 0.3 is 5.97 Å². The summed E-state index contributed by atoms with van der Waals surface area (Å²) in [4.78, 5) is 18.2. The first-order valence-corrected chi connectivity index (χ1v) is 4.89. The van der Waals surface area contributed by atoms with Crippen molar-refractivity contribution in [2.24, 2.45) is 0 Å². The minimum atomic E-state index is -0.650. The summed E-state index contributed by atoms with van der Waals surface area (Å²) in [5.41, 5.74) is 1.65. The highest BCUT2D eigenvalue weighted by Crippen LogP contribution is 2.18. The van der Waals surface area contributed by atoms with E-state index in [0.717, 1.165) is 11.0 Å². The molecule has 0 saturated carbocycles. The van der Waals surface area contributed by atoms with Crippen molar-refractivity contribution in [3.05, 3.63) is 24.5 Å². The molecule has 0 spiro atoms. The van der Waals surface area contributed by atoms with Gasteiger partial charge in [0.1, 0.15) is 11.1 Å². The molecule has 1 aromatic heterocycles. The van der Waals surface area contributed by atoms with Gasteiger partial charge in [-0.3, -0.25) is 4.79 Å². The number of hydrogen-bond acceptors (Lipinski definition) is 3. The predicted octanol–water partition coefficient (Wildman–Crippen LogP) is 2.10. The van der Waals surface area contributed by atoms with E-state index in [1.165, 1.54) is 0 Å². The topological polar surface area (TPSA) is 55.0 Å². The van der Waals surface area contributed by atoms with Crippen LogP contribution in [-0.4, -0.2) is 21.3 Å². The molecule has 1 atom stereocenters. The zero-order valence-electron chi connectivity index (χ0n) is 8.03. The average Bonchev–Trinajstić information content (AvgIpc) is 2.64. The number of alkyl halides is 1. The number of ether oxygens (including phenoxy) is 1. The largest absolute Gasteiger partial charge is 0.425 e. The van der Waals surface area contributed by atoms with Crippen molar-refractivity contribution in [2.75, 3.05) is 0 Å². The van der Waals surface area contributed by atoms with E-state index in [1.54, 1.807) is 31.5 Å². The van der Waals surface area contributed by atoms with Crippen LogP contribution >= 0.6 is 11.6 Å². The van der Waals surface area contributed by atoms with Crippen molar-refractivity contribution in [1.29, 1.82) is 0 Å². The van der Waals surface area contributed by atoms with Crippen molar-refractivity contribution >= 4 is 28.6 Å². The fraction of sp³-hybridized carbons (Fsp3) is 0.200. The Balaban J connectivity index is 2.25. The minimum absolute atomic E-state index is 0.462. The number of carbonyl (C=O) groups is 1. The quantitative estimate of drug-likeness (QED) is 0.483. The van der Waals surface area contributed by atoms with Crippen LogP contribution in [0.15, 0.2) is 24.5 Å². The van der Waals surface area contributed by atoms with Gasteiger partial charge in [0.2, 0.25) is 0 Å². The van der Waals surface area contributed by atoms with E-state index < -0.39 is 11.3 Å². The summed E-state index contributed by atoms with van der Waals surface area (Å²) >= 11 is 5.58. The Labute approximate surface area is 91.2 Å². The van der Waals surface area contributed by atoms with Crippen LogP contribution in [0.5, 0.6) is 5.75 Å². The lowest BCUT2D eigenvalue weighted by Gasteiger charge is -2.04. The van der Waals surface area contributed by atoms with Gasteiger partial charge in [-0.1, -0.05) is 0 Å². The number of imidazole rings is 1. The Hall–Kier alpha value is -1.55. The Morgan fingerprint density at radius 3 is 3.13 bits per heavy atom. The van der Waals surface area contributed by atoms with Gasteiger partial charge in [-0.2, -0.15) is 0 Å². The first kappa shape index (κ1) is 9.98. The van der Waals surface area contributed by atoms with Crippen molar-refractivity contribution in [3.8, 4) is 5.75 Å². The van der Waals surface area contributed by atoms with Gasteiger partial charge in [-0.25, -0.2) is 4.98 Å². The van der Waals surface area contributed by atoms with Gasteiger partial charge in [-0.05, 0) is 19.1 Å². The molecule has 4 nitrogen and oxygen atoms in total. The van der Waals surface area contributed by atoms with E-state index in [0.29, 0.717) is 5.75 Å². The van der Waals surface area contributed by atoms with E-state index in [9.17, 15) is 4.79 Å². The third-order valence-corrected chi connectivity index (χ3v) is 2.11. The molecule has 0 bridgehead atoms. The highest BCUT2D eigenvalue weighted by atomic mass is 35.5. The van der Waals surface area contributed by atoms with Gasteiger partial charge in [0.25, 0.3) is 0 Å². The number of halogens is 1. The summed E-state index contributed by atoms with van der Waals surface area (Å²) in [5, 5.41) is -0.650. The number of fused-ring (bicyclic) bond motifs is 1. The number of rotatable bonds is 2. The standard InChI is InChI=1S/C10H9ClN2O2/c1-6(11)10(14)15-7-2-3-8-9(4-7)13-5-12-8/h2-6H,1H3,(H,12,13). The Bertz CT molecular complexity index is 493. The van der Waals surface area contributed by atoms with Crippen molar-refractivity contribution < 1.29 is 9.53 Å². The van der Waals surface area contributed by atoms with Crippen LogP contribution in [0.1, 0.15) is 6.92 Å². The van der Waals surface area contributed by atoms with Gasteiger partial charge in [0, 0.05) is 6.07 Å². The summed E-state index contributed by atoms with van der Waals surface area (Å²) < 4.78 is 5.03. The molecular weight excluding hydrogens is 216 g/mol. The molecule has 78 valence electrons. The molecule has 1 heterocycles. The number of hydrogen-bond donors (Lipinski definition) is 1. The average molecular weight is 225 g/mol.